The summed E-state index contributed by atoms with van der Waals surface area (Å²) in [7, 11) is -3.71. The Morgan fingerprint density at radius 2 is 2.05 bits per heavy atom. The van der Waals surface area contributed by atoms with Gasteiger partial charge in [0.1, 0.15) is 5.82 Å². The van der Waals surface area contributed by atoms with Crippen LogP contribution in [0.25, 0.3) is 0 Å². The van der Waals surface area contributed by atoms with Crippen molar-refractivity contribution in [2.45, 2.75) is 37.8 Å². The molecule has 7 heteroatoms. The molecule has 1 aromatic carbocycles. The molecule has 0 radical (unpaired) electrons. The molecule has 2 unspecified atom stereocenters. The van der Waals surface area contributed by atoms with Crippen molar-refractivity contribution in [3.8, 4) is 0 Å². The lowest BCUT2D eigenvalue weighted by Gasteiger charge is -2.36. The van der Waals surface area contributed by atoms with Crippen molar-refractivity contribution < 1.29 is 17.5 Å². The first kappa shape index (κ1) is 15.2. The van der Waals surface area contributed by atoms with E-state index < -0.39 is 15.8 Å². The number of sulfonamides is 1. The highest BCUT2D eigenvalue weighted by molar-refractivity contribution is 7.89. The van der Waals surface area contributed by atoms with Crippen LogP contribution in [0.1, 0.15) is 19.4 Å². The lowest BCUT2D eigenvalue weighted by Crippen LogP contribution is -2.50. The number of hydrogen-bond acceptors (Lipinski definition) is 4. The fourth-order valence-corrected chi connectivity index (χ4v) is 4.22. The number of anilines is 1. The SMILES string of the molecule is Cc1cc(F)c(N)cc1S(=O)(=O)N1CC(C)OCC1C. The van der Waals surface area contributed by atoms with Crippen molar-refractivity contribution >= 4 is 15.7 Å². The monoisotopic (exact) mass is 302 g/mol. The van der Waals surface area contributed by atoms with Gasteiger partial charge in [-0.1, -0.05) is 0 Å². The third-order valence-electron chi connectivity index (χ3n) is 3.43. The molecule has 0 saturated carbocycles. The topological polar surface area (TPSA) is 72.6 Å². The maximum Gasteiger partial charge on any atom is 0.243 e. The first-order valence-corrected chi connectivity index (χ1v) is 7.86. The minimum atomic E-state index is -3.71. The van der Waals surface area contributed by atoms with Gasteiger partial charge in [-0.3, -0.25) is 0 Å². The standard InChI is InChI=1S/C13H19FN2O3S/c1-8-4-11(14)12(15)5-13(8)20(17,18)16-6-10(3)19-7-9(16)2/h4-5,9-10H,6-7,15H2,1-3H3. The first-order chi connectivity index (χ1) is 9.23. The maximum atomic E-state index is 13.4. The van der Waals surface area contributed by atoms with Crippen LogP contribution in [0.2, 0.25) is 0 Å². The number of rotatable bonds is 2. The molecular weight excluding hydrogens is 283 g/mol. The van der Waals surface area contributed by atoms with E-state index in [9.17, 15) is 12.8 Å². The second kappa shape index (κ2) is 5.31. The van der Waals surface area contributed by atoms with Gasteiger partial charge in [0.15, 0.2) is 0 Å². The Kier molecular flexibility index (Phi) is 4.04. The van der Waals surface area contributed by atoms with E-state index in [2.05, 4.69) is 0 Å². The first-order valence-electron chi connectivity index (χ1n) is 6.42. The molecule has 0 spiro atoms. The molecule has 5 nitrogen and oxygen atoms in total. The molecule has 1 aliphatic rings. The average Bonchev–Trinajstić information content (AvgIpc) is 2.36. The van der Waals surface area contributed by atoms with E-state index in [0.717, 1.165) is 6.07 Å². The van der Waals surface area contributed by atoms with E-state index >= 15 is 0 Å². The van der Waals surface area contributed by atoms with Crippen LogP contribution in [0.5, 0.6) is 0 Å². The minimum Gasteiger partial charge on any atom is -0.396 e. The highest BCUT2D eigenvalue weighted by Gasteiger charge is 2.35. The van der Waals surface area contributed by atoms with Crippen LogP contribution in [0, 0.1) is 12.7 Å². The summed E-state index contributed by atoms with van der Waals surface area (Å²) in [4.78, 5) is 0.0531. The minimum absolute atomic E-state index is 0.0531. The van der Waals surface area contributed by atoms with Crippen LogP contribution in [-0.2, 0) is 14.8 Å². The molecule has 0 aromatic heterocycles. The van der Waals surface area contributed by atoms with Crippen molar-refractivity contribution in [1.29, 1.82) is 0 Å². The van der Waals surface area contributed by atoms with E-state index in [-0.39, 0.29) is 29.3 Å². The second-order valence-electron chi connectivity index (χ2n) is 5.21. The Morgan fingerprint density at radius 3 is 2.70 bits per heavy atom. The molecule has 1 saturated heterocycles. The van der Waals surface area contributed by atoms with Crippen LogP contribution in [-0.4, -0.2) is 38.0 Å². The summed E-state index contributed by atoms with van der Waals surface area (Å²) < 4.78 is 45.6. The molecule has 20 heavy (non-hydrogen) atoms. The Hall–Kier alpha value is -1.18. The Bertz CT molecular complexity index is 618. The van der Waals surface area contributed by atoms with Gasteiger partial charge in [-0.05, 0) is 38.5 Å². The third kappa shape index (κ3) is 2.65. The van der Waals surface area contributed by atoms with Crippen LogP contribution < -0.4 is 5.73 Å². The molecule has 2 N–H and O–H groups in total. The number of nitrogens with two attached hydrogens (primary N) is 1. The largest absolute Gasteiger partial charge is 0.396 e. The number of ether oxygens (including phenoxy) is 1. The predicted octanol–water partition coefficient (Wildman–Crippen LogP) is 1.51. The van der Waals surface area contributed by atoms with E-state index in [1.165, 1.54) is 10.4 Å². The number of morpholine rings is 1. The molecule has 2 rings (SSSR count). The summed E-state index contributed by atoms with van der Waals surface area (Å²) in [6, 6.07) is 2.07. The summed E-state index contributed by atoms with van der Waals surface area (Å²) in [5.74, 6) is -0.607. The van der Waals surface area contributed by atoms with Crippen molar-refractivity contribution in [2.24, 2.45) is 0 Å². The van der Waals surface area contributed by atoms with Gasteiger partial charge in [0, 0.05) is 12.6 Å². The molecule has 1 fully saturated rings. The number of benzene rings is 1. The molecule has 0 amide bonds. The summed E-state index contributed by atoms with van der Waals surface area (Å²) in [5.41, 5.74) is 5.68. The van der Waals surface area contributed by atoms with Gasteiger partial charge >= 0.3 is 0 Å². The zero-order valence-corrected chi connectivity index (χ0v) is 12.6. The van der Waals surface area contributed by atoms with Crippen LogP contribution in [0.4, 0.5) is 10.1 Å². The summed E-state index contributed by atoms with van der Waals surface area (Å²) in [6.07, 6.45) is -0.168. The summed E-state index contributed by atoms with van der Waals surface area (Å²) in [5, 5.41) is 0. The molecule has 112 valence electrons. The summed E-state index contributed by atoms with van der Waals surface area (Å²) >= 11 is 0. The Morgan fingerprint density at radius 1 is 1.40 bits per heavy atom. The third-order valence-corrected chi connectivity index (χ3v) is 5.55. The van der Waals surface area contributed by atoms with Crippen LogP contribution in [0.15, 0.2) is 17.0 Å². The Labute approximate surface area is 118 Å². The molecule has 1 aliphatic heterocycles. The fraction of sp³-hybridized carbons (Fsp3) is 0.538. The molecule has 0 bridgehead atoms. The van der Waals surface area contributed by atoms with Gasteiger partial charge < -0.3 is 10.5 Å². The van der Waals surface area contributed by atoms with Gasteiger partial charge in [-0.25, -0.2) is 12.8 Å². The molecule has 0 aliphatic carbocycles. The maximum absolute atomic E-state index is 13.4. The molecule has 2 atom stereocenters. The van der Waals surface area contributed by atoms with Crippen molar-refractivity contribution in [2.75, 3.05) is 18.9 Å². The lowest BCUT2D eigenvalue weighted by atomic mass is 10.2. The number of nitrogens with zero attached hydrogens (tertiary/aromatic N) is 1. The van der Waals surface area contributed by atoms with E-state index in [1.807, 2.05) is 6.92 Å². The zero-order chi connectivity index (χ0) is 15.1. The van der Waals surface area contributed by atoms with Crippen LogP contribution >= 0.6 is 0 Å². The molecular formula is C13H19FN2O3S. The zero-order valence-electron chi connectivity index (χ0n) is 11.8. The second-order valence-corrected chi connectivity index (χ2v) is 7.07. The predicted molar refractivity (Wildman–Crippen MR) is 74.3 cm³/mol. The van der Waals surface area contributed by atoms with Gasteiger partial charge in [0.25, 0.3) is 0 Å². The quantitative estimate of drug-likeness (QED) is 0.841. The molecule has 1 heterocycles. The van der Waals surface area contributed by atoms with Gasteiger partial charge in [0.2, 0.25) is 10.0 Å². The lowest BCUT2D eigenvalue weighted by molar-refractivity contribution is -0.0170. The number of aryl methyl sites for hydroxylation is 1. The highest BCUT2D eigenvalue weighted by Crippen LogP contribution is 2.27. The molecule has 1 aromatic rings. The smallest absolute Gasteiger partial charge is 0.243 e. The van der Waals surface area contributed by atoms with Gasteiger partial charge in [-0.2, -0.15) is 4.31 Å². The fourth-order valence-electron chi connectivity index (χ4n) is 2.28. The van der Waals surface area contributed by atoms with Gasteiger partial charge in [-0.15, -0.1) is 0 Å². The van der Waals surface area contributed by atoms with Crippen molar-refractivity contribution in [1.82, 2.24) is 4.31 Å². The number of nitrogen functional groups attached to an aromatic ring is 1. The summed E-state index contributed by atoms with van der Waals surface area (Å²) in [6.45, 7) is 5.78. The average molecular weight is 302 g/mol. The highest BCUT2D eigenvalue weighted by atomic mass is 32.2. The number of halogens is 1. The van der Waals surface area contributed by atoms with Crippen molar-refractivity contribution in [3.63, 3.8) is 0 Å². The normalized spacial score (nSPS) is 24.8. The van der Waals surface area contributed by atoms with Gasteiger partial charge in [0.05, 0.1) is 23.3 Å². The number of hydrogen-bond donors (Lipinski definition) is 1. The van der Waals surface area contributed by atoms with Crippen molar-refractivity contribution in [3.05, 3.63) is 23.5 Å². The van der Waals surface area contributed by atoms with E-state index in [0.29, 0.717) is 12.2 Å². The van der Waals surface area contributed by atoms with E-state index in [1.54, 1.807) is 13.8 Å². The Balaban J connectivity index is 2.47. The van der Waals surface area contributed by atoms with Crippen LogP contribution in [0.3, 0.4) is 0 Å². The van der Waals surface area contributed by atoms with E-state index in [4.69, 9.17) is 10.5 Å².